The molecule has 0 saturated heterocycles. The van der Waals surface area contributed by atoms with Crippen LogP contribution in [0.3, 0.4) is 0 Å². The lowest BCUT2D eigenvalue weighted by molar-refractivity contribution is -0.129. The van der Waals surface area contributed by atoms with E-state index in [0.717, 1.165) is 5.57 Å². The first-order valence-corrected chi connectivity index (χ1v) is 5.29. The Morgan fingerprint density at radius 3 is 2.50 bits per heavy atom. The van der Waals surface area contributed by atoms with E-state index in [4.69, 9.17) is 0 Å². The number of Topliss-reactive ketones (excluding diaryl/α,β-unsaturated/α-hetero) is 1. The number of ketones is 1. The normalized spacial score (nSPS) is 32.0. The van der Waals surface area contributed by atoms with Crippen molar-refractivity contribution in [3.05, 3.63) is 23.3 Å². The third kappa shape index (κ3) is 2.58. The van der Waals surface area contributed by atoms with Crippen molar-refractivity contribution in [3.63, 3.8) is 0 Å². The van der Waals surface area contributed by atoms with Crippen molar-refractivity contribution >= 4 is 5.78 Å². The smallest absolute Gasteiger partial charge is 0.190 e. The summed E-state index contributed by atoms with van der Waals surface area (Å²) in [6, 6.07) is 0. The molecule has 1 rings (SSSR count). The molecular formula is C12H18O4. The van der Waals surface area contributed by atoms with Crippen molar-refractivity contribution in [2.75, 3.05) is 0 Å². The molecule has 3 N–H and O–H groups in total. The van der Waals surface area contributed by atoms with E-state index in [1.54, 1.807) is 20.8 Å². The molecule has 0 heterocycles. The number of allylic oxidation sites excluding steroid dienone is 1. The third-order valence-electron chi connectivity index (χ3n) is 2.75. The van der Waals surface area contributed by atoms with Gasteiger partial charge in [0.2, 0.25) is 0 Å². The summed E-state index contributed by atoms with van der Waals surface area (Å²) in [6.45, 7) is 5.19. The summed E-state index contributed by atoms with van der Waals surface area (Å²) in [5, 5.41) is 28.9. The average Bonchev–Trinajstić information content (AvgIpc) is 2.19. The predicted octanol–water partition coefficient (Wildman–Crippen LogP) is 0.181. The molecule has 0 unspecified atom stereocenters. The molecule has 0 aromatic carbocycles. The van der Waals surface area contributed by atoms with E-state index in [1.165, 1.54) is 12.2 Å². The topological polar surface area (TPSA) is 77.8 Å². The minimum absolute atomic E-state index is 0.0688. The molecule has 0 bridgehead atoms. The summed E-state index contributed by atoms with van der Waals surface area (Å²) < 4.78 is 0. The summed E-state index contributed by atoms with van der Waals surface area (Å²) in [4.78, 5) is 11.7. The number of aliphatic hydroxyl groups is 3. The molecule has 4 heteroatoms. The molecule has 0 radical (unpaired) electrons. The predicted molar refractivity (Wildman–Crippen MR) is 59.7 cm³/mol. The maximum atomic E-state index is 11.7. The van der Waals surface area contributed by atoms with Gasteiger partial charge in [0.05, 0.1) is 6.10 Å². The summed E-state index contributed by atoms with van der Waals surface area (Å²) >= 11 is 0. The minimum atomic E-state index is -1.24. The fourth-order valence-corrected chi connectivity index (χ4v) is 1.66. The van der Waals surface area contributed by atoms with Gasteiger partial charge in [-0.1, -0.05) is 18.6 Å². The van der Waals surface area contributed by atoms with E-state index >= 15 is 0 Å². The van der Waals surface area contributed by atoms with Crippen molar-refractivity contribution in [1.29, 1.82) is 0 Å². The molecule has 4 nitrogen and oxygen atoms in total. The number of rotatable bonds is 2. The van der Waals surface area contributed by atoms with Crippen molar-refractivity contribution < 1.29 is 20.1 Å². The number of carbonyl (C=O) groups excluding carboxylic acids is 1. The summed E-state index contributed by atoms with van der Waals surface area (Å²) in [5.74, 6) is -1.04. The van der Waals surface area contributed by atoms with Crippen molar-refractivity contribution in [2.24, 2.45) is 5.92 Å². The summed E-state index contributed by atoms with van der Waals surface area (Å²) in [6.07, 6.45) is -0.365. The molecule has 0 fully saturated rings. The molecule has 0 saturated carbocycles. The molecule has 0 aromatic heterocycles. The van der Waals surface area contributed by atoms with Crippen LogP contribution in [-0.2, 0) is 4.79 Å². The molecular weight excluding hydrogens is 208 g/mol. The zero-order chi connectivity index (χ0) is 12.5. The Balaban J connectivity index is 3.00. The van der Waals surface area contributed by atoms with Gasteiger partial charge in [-0.3, -0.25) is 4.79 Å². The average molecular weight is 226 g/mol. The summed E-state index contributed by atoms with van der Waals surface area (Å²) in [5.41, 5.74) is 0.933. The summed E-state index contributed by atoms with van der Waals surface area (Å²) in [7, 11) is 0. The van der Waals surface area contributed by atoms with E-state index in [-0.39, 0.29) is 5.57 Å². The van der Waals surface area contributed by atoms with E-state index < -0.39 is 30.0 Å². The lowest BCUT2D eigenvalue weighted by Crippen LogP contribution is -2.42. The Morgan fingerprint density at radius 2 is 2.00 bits per heavy atom. The standard InChI is InChI=1S/C12H18O4/c1-6(2)4-10(14)8-5-9(13)7(3)11(15)12(8)16/h4-5,7,9-11,13-15H,1-3H3/t7-,9+,10-,11-/m0/s1. The number of carbonyl (C=O) groups is 1. The van der Waals surface area contributed by atoms with Gasteiger partial charge in [0.15, 0.2) is 5.78 Å². The van der Waals surface area contributed by atoms with Crippen molar-refractivity contribution in [2.45, 2.75) is 39.1 Å². The van der Waals surface area contributed by atoms with Gasteiger partial charge in [-0.05, 0) is 19.9 Å². The fraction of sp³-hybridized carbons (Fsp3) is 0.583. The van der Waals surface area contributed by atoms with Gasteiger partial charge in [0.1, 0.15) is 12.2 Å². The minimum Gasteiger partial charge on any atom is -0.389 e. The van der Waals surface area contributed by atoms with E-state index in [9.17, 15) is 20.1 Å². The van der Waals surface area contributed by atoms with Crippen LogP contribution in [0.25, 0.3) is 0 Å². The van der Waals surface area contributed by atoms with Crippen LogP contribution in [0.2, 0.25) is 0 Å². The van der Waals surface area contributed by atoms with E-state index in [2.05, 4.69) is 0 Å². The zero-order valence-corrected chi connectivity index (χ0v) is 9.71. The molecule has 0 amide bonds. The van der Waals surface area contributed by atoms with Crippen LogP contribution in [0.4, 0.5) is 0 Å². The van der Waals surface area contributed by atoms with Crippen molar-refractivity contribution in [1.82, 2.24) is 0 Å². The first kappa shape index (κ1) is 13.1. The number of hydrogen-bond donors (Lipinski definition) is 3. The number of aliphatic hydroxyl groups excluding tert-OH is 3. The molecule has 1 aliphatic rings. The van der Waals surface area contributed by atoms with Gasteiger partial charge in [0.25, 0.3) is 0 Å². The molecule has 0 aliphatic heterocycles. The lowest BCUT2D eigenvalue weighted by atomic mass is 9.83. The highest BCUT2D eigenvalue weighted by molar-refractivity contribution is 6.01. The monoisotopic (exact) mass is 226 g/mol. The Kier molecular flexibility index (Phi) is 4.02. The maximum absolute atomic E-state index is 11.7. The molecule has 0 spiro atoms. The highest BCUT2D eigenvalue weighted by Gasteiger charge is 2.36. The van der Waals surface area contributed by atoms with Gasteiger partial charge in [0, 0.05) is 11.5 Å². The van der Waals surface area contributed by atoms with Gasteiger partial charge in [-0.25, -0.2) is 0 Å². The van der Waals surface area contributed by atoms with Gasteiger partial charge in [-0.15, -0.1) is 0 Å². The van der Waals surface area contributed by atoms with Crippen LogP contribution in [0.1, 0.15) is 20.8 Å². The fourth-order valence-electron chi connectivity index (χ4n) is 1.66. The third-order valence-corrected chi connectivity index (χ3v) is 2.75. The SMILES string of the molecule is CC(C)=C[C@H](O)C1=C[C@@H](O)[C@H](C)[C@H](O)C1=O. The van der Waals surface area contributed by atoms with Crippen LogP contribution in [0.15, 0.2) is 23.3 Å². The van der Waals surface area contributed by atoms with E-state index in [1.807, 2.05) is 0 Å². The Hall–Kier alpha value is -0.970. The second-order valence-corrected chi connectivity index (χ2v) is 4.47. The van der Waals surface area contributed by atoms with Crippen LogP contribution in [-0.4, -0.2) is 39.4 Å². The van der Waals surface area contributed by atoms with Crippen molar-refractivity contribution in [3.8, 4) is 0 Å². The quantitative estimate of drug-likeness (QED) is 0.587. The van der Waals surface area contributed by atoms with Crippen LogP contribution < -0.4 is 0 Å². The second kappa shape index (κ2) is 4.91. The Labute approximate surface area is 94.9 Å². The largest absolute Gasteiger partial charge is 0.389 e. The first-order valence-electron chi connectivity index (χ1n) is 5.29. The molecule has 0 aromatic rings. The van der Waals surface area contributed by atoms with E-state index in [0.29, 0.717) is 0 Å². The highest BCUT2D eigenvalue weighted by atomic mass is 16.3. The van der Waals surface area contributed by atoms with Gasteiger partial charge in [-0.2, -0.15) is 0 Å². The molecule has 90 valence electrons. The van der Waals surface area contributed by atoms with Crippen LogP contribution in [0.5, 0.6) is 0 Å². The molecule has 4 atom stereocenters. The highest BCUT2D eigenvalue weighted by Crippen LogP contribution is 2.24. The lowest BCUT2D eigenvalue weighted by Gasteiger charge is -2.28. The van der Waals surface area contributed by atoms with Gasteiger partial charge >= 0.3 is 0 Å². The van der Waals surface area contributed by atoms with Gasteiger partial charge < -0.3 is 15.3 Å². The Morgan fingerprint density at radius 1 is 1.44 bits per heavy atom. The molecule has 1 aliphatic carbocycles. The van der Waals surface area contributed by atoms with Crippen LogP contribution >= 0.6 is 0 Å². The Bertz CT molecular complexity index is 339. The first-order chi connectivity index (χ1) is 7.34. The zero-order valence-electron chi connectivity index (χ0n) is 9.71. The maximum Gasteiger partial charge on any atom is 0.190 e. The number of hydrogen-bond acceptors (Lipinski definition) is 4. The molecule has 16 heavy (non-hydrogen) atoms. The second-order valence-electron chi connectivity index (χ2n) is 4.47. The van der Waals surface area contributed by atoms with Crippen LogP contribution in [0, 0.1) is 5.92 Å².